The van der Waals surface area contributed by atoms with Crippen molar-refractivity contribution in [3.8, 4) is 5.75 Å². The van der Waals surface area contributed by atoms with E-state index in [1.165, 1.54) is 0 Å². The minimum Gasteiger partial charge on any atom is -0.484 e. The van der Waals surface area contributed by atoms with E-state index in [0.717, 1.165) is 12.0 Å². The van der Waals surface area contributed by atoms with Crippen molar-refractivity contribution < 1.29 is 9.13 Å². The second-order valence-electron chi connectivity index (χ2n) is 4.69. The van der Waals surface area contributed by atoms with Gasteiger partial charge in [0.1, 0.15) is 5.60 Å². The summed E-state index contributed by atoms with van der Waals surface area (Å²) in [5.41, 5.74) is 0.454. The van der Waals surface area contributed by atoms with Crippen LogP contribution in [0.2, 0.25) is 5.02 Å². The smallest absolute Gasteiger partial charge is 0.183 e. The van der Waals surface area contributed by atoms with Crippen molar-refractivity contribution in [2.75, 3.05) is 7.05 Å². The Morgan fingerprint density at radius 3 is 2.81 bits per heavy atom. The van der Waals surface area contributed by atoms with Crippen LogP contribution in [-0.2, 0) is 0 Å². The lowest BCUT2D eigenvalue weighted by atomic mass is 9.90. The molecule has 1 aliphatic rings. The van der Waals surface area contributed by atoms with Gasteiger partial charge in [-0.25, -0.2) is 4.39 Å². The van der Waals surface area contributed by atoms with Crippen molar-refractivity contribution in [1.82, 2.24) is 5.32 Å². The van der Waals surface area contributed by atoms with Crippen LogP contribution in [0.1, 0.15) is 31.9 Å². The second kappa shape index (κ2) is 3.90. The Bertz CT molecular complexity index is 420. The highest BCUT2D eigenvalue weighted by Crippen LogP contribution is 2.42. The molecule has 1 aliphatic heterocycles. The summed E-state index contributed by atoms with van der Waals surface area (Å²) in [6.45, 7) is 3.89. The maximum absolute atomic E-state index is 13.9. The normalized spacial score (nSPS) is 22.4. The van der Waals surface area contributed by atoms with Gasteiger partial charge in [-0.05, 0) is 27.0 Å². The summed E-state index contributed by atoms with van der Waals surface area (Å²) in [5, 5.41) is 3.28. The fourth-order valence-electron chi connectivity index (χ4n) is 2.10. The van der Waals surface area contributed by atoms with Gasteiger partial charge < -0.3 is 10.1 Å². The highest BCUT2D eigenvalue weighted by atomic mass is 35.5. The number of fused-ring (bicyclic) bond motifs is 1. The second-order valence-corrected chi connectivity index (χ2v) is 5.09. The van der Waals surface area contributed by atoms with Gasteiger partial charge in [0.05, 0.1) is 5.02 Å². The lowest BCUT2D eigenvalue weighted by Crippen LogP contribution is -2.39. The fourth-order valence-corrected chi connectivity index (χ4v) is 2.25. The Balaban J connectivity index is 2.54. The summed E-state index contributed by atoms with van der Waals surface area (Å²) in [7, 11) is 1.86. The fraction of sp³-hybridized carbons (Fsp3) is 0.500. The molecule has 0 amide bonds. The van der Waals surface area contributed by atoms with Crippen molar-refractivity contribution in [3.63, 3.8) is 0 Å². The number of hydrogen-bond donors (Lipinski definition) is 1. The number of nitrogens with one attached hydrogen (secondary N) is 1. The van der Waals surface area contributed by atoms with Crippen LogP contribution < -0.4 is 10.1 Å². The van der Waals surface area contributed by atoms with Crippen LogP contribution in [0.3, 0.4) is 0 Å². The monoisotopic (exact) mass is 243 g/mol. The van der Waals surface area contributed by atoms with Crippen molar-refractivity contribution in [1.29, 1.82) is 0 Å². The number of benzene rings is 1. The molecule has 1 heterocycles. The van der Waals surface area contributed by atoms with Crippen LogP contribution in [0.25, 0.3) is 0 Å². The molecule has 16 heavy (non-hydrogen) atoms. The van der Waals surface area contributed by atoms with Gasteiger partial charge in [0.25, 0.3) is 0 Å². The average Bonchev–Trinajstić information content (AvgIpc) is 2.22. The molecule has 0 spiro atoms. The Morgan fingerprint density at radius 2 is 2.19 bits per heavy atom. The Kier molecular flexibility index (Phi) is 2.84. The van der Waals surface area contributed by atoms with Crippen molar-refractivity contribution in [2.24, 2.45) is 0 Å². The predicted octanol–water partition coefficient (Wildman–Crippen LogP) is 3.30. The highest BCUT2D eigenvalue weighted by molar-refractivity contribution is 6.30. The third-order valence-electron chi connectivity index (χ3n) is 2.88. The lowest BCUT2D eigenvalue weighted by Gasteiger charge is -2.37. The van der Waals surface area contributed by atoms with E-state index >= 15 is 0 Å². The van der Waals surface area contributed by atoms with Gasteiger partial charge in [0.15, 0.2) is 11.6 Å². The first kappa shape index (κ1) is 11.7. The van der Waals surface area contributed by atoms with Crippen molar-refractivity contribution in [3.05, 3.63) is 28.5 Å². The third kappa shape index (κ3) is 1.89. The molecular formula is C12H15ClFNO. The number of ether oxygens (including phenoxy) is 1. The Hall–Kier alpha value is -0.800. The van der Waals surface area contributed by atoms with Gasteiger partial charge in [-0.2, -0.15) is 0 Å². The van der Waals surface area contributed by atoms with Gasteiger partial charge in [0.2, 0.25) is 0 Å². The van der Waals surface area contributed by atoms with Crippen LogP contribution >= 0.6 is 11.6 Å². The molecule has 1 N–H and O–H groups in total. The summed E-state index contributed by atoms with van der Waals surface area (Å²) in [6, 6.07) is 3.49. The van der Waals surface area contributed by atoms with Gasteiger partial charge in [0, 0.05) is 18.0 Å². The zero-order chi connectivity index (χ0) is 11.9. The van der Waals surface area contributed by atoms with Crippen LogP contribution in [0, 0.1) is 5.82 Å². The first-order chi connectivity index (χ1) is 7.44. The molecule has 1 atom stereocenters. The van der Waals surface area contributed by atoms with E-state index in [1.54, 1.807) is 6.07 Å². The molecule has 0 saturated carbocycles. The molecule has 1 aromatic carbocycles. The number of halogens is 2. The molecule has 1 unspecified atom stereocenters. The molecule has 2 nitrogen and oxygen atoms in total. The molecular weight excluding hydrogens is 229 g/mol. The van der Waals surface area contributed by atoms with E-state index in [-0.39, 0.29) is 22.4 Å². The zero-order valence-corrected chi connectivity index (χ0v) is 10.4. The summed E-state index contributed by atoms with van der Waals surface area (Å²) < 4.78 is 19.5. The molecule has 2 rings (SSSR count). The molecule has 0 bridgehead atoms. The minimum atomic E-state index is -0.466. The SMILES string of the molecule is CNC1CC(C)(C)Oc2c1ccc(Cl)c2F. The highest BCUT2D eigenvalue weighted by Gasteiger charge is 2.35. The third-order valence-corrected chi connectivity index (χ3v) is 3.17. The topological polar surface area (TPSA) is 21.3 Å². The molecule has 1 aromatic rings. The first-order valence-electron chi connectivity index (χ1n) is 5.29. The minimum absolute atomic E-state index is 0.102. The molecule has 4 heteroatoms. The van der Waals surface area contributed by atoms with E-state index in [0.29, 0.717) is 0 Å². The summed E-state index contributed by atoms with van der Waals surface area (Å²) in [6.07, 6.45) is 0.803. The molecule has 88 valence electrons. The maximum Gasteiger partial charge on any atom is 0.183 e. The zero-order valence-electron chi connectivity index (χ0n) is 9.60. The van der Waals surface area contributed by atoms with E-state index in [2.05, 4.69) is 5.32 Å². The van der Waals surface area contributed by atoms with Crippen molar-refractivity contribution >= 4 is 11.6 Å². The molecule has 0 aliphatic carbocycles. The number of hydrogen-bond acceptors (Lipinski definition) is 2. The van der Waals surface area contributed by atoms with Gasteiger partial charge in [-0.15, -0.1) is 0 Å². The Morgan fingerprint density at radius 1 is 1.50 bits per heavy atom. The number of rotatable bonds is 1. The van der Waals surface area contributed by atoms with Crippen LogP contribution in [-0.4, -0.2) is 12.6 Å². The van der Waals surface area contributed by atoms with Gasteiger partial charge in [-0.3, -0.25) is 0 Å². The summed E-state index contributed by atoms with van der Waals surface area (Å²) >= 11 is 5.75. The van der Waals surface area contributed by atoms with Gasteiger partial charge in [-0.1, -0.05) is 17.7 Å². The van der Waals surface area contributed by atoms with E-state index in [1.807, 2.05) is 27.0 Å². The molecule has 0 aromatic heterocycles. The average molecular weight is 244 g/mol. The molecule has 0 saturated heterocycles. The van der Waals surface area contributed by atoms with Crippen LogP contribution in [0.15, 0.2) is 12.1 Å². The van der Waals surface area contributed by atoms with E-state index < -0.39 is 5.82 Å². The summed E-state index contributed by atoms with van der Waals surface area (Å²) in [4.78, 5) is 0. The first-order valence-corrected chi connectivity index (χ1v) is 5.66. The van der Waals surface area contributed by atoms with Crippen LogP contribution in [0.5, 0.6) is 5.75 Å². The Labute approximate surface area is 99.7 Å². The standard InChI is InChI=1S/C12H15ClFNO/c1-12(2)6-9(15-3)7-4-5-8(13)10(14)11(7)16-12/h4-5,9,15H,6H2,1-3H3. The largest absolute Gasteiger partial charge is 0.484 e. The quantitative estimate of drug-likeness (QED) is 0.817. The van der Waals surface area contributed by atoms with Crippen LogP contribution in [0.4, 0.5) is 4.39 Å². The van der Waals surface area contributed by atoms with E-state index in [4.69, 9.17) is 16.3 Å². The summed E-state index contributed by atoms with van der Waals surface area (Å²) in [5.74, 6) is -0.185. The lowest BCUT2D eigenvalue weighted by molar-refractivity contribution is 0.0622. The van der Waals surface area contributed by atoms with E-state index in [9.17, 15) is 4.39 Å². The van der Waals surface area contributed by atoms with Crippen molar-refractivity contribution in [2.45, 2.75) is 31.9 Å². The molecule has 0 radical (unpaired) electrons. The molecule has 0 fully saturated rings. The predicted molar refractivity (Wildman–Crippen MR) is 62.5 cm³/mol. The maximum atomic E-state index is 13.9. The van der Waals surface area contributed by atoms with Gasteiger partial charge >= 0.3 is 0 Å².